The quantitative estimate of drug-likeness (QED) is 0.856. The molecule has 1 saturated heterocycles. The van der Waals surface area contributed by atoms with Gasteiger partial charge in [0.05, 0.1) is 13.2 Å². The number of aromatic nitrogens is 2. The summed E-state index contributed by atoms with van der Waals surface area (Å²) >= 11 is 0. The molecule has 0 aliphatic carbocycles. The fraction of sp³-hybridized carbons (Fsp3) is 0.545. The molecule has 2 rings (SSSR count). The summed E-state index contributed by atoms with van der Waals surface area (Å²) in [6.07, 6.45) is -4.22. The van der Waals surface area contributed by atoms with Gasteiger partial charge in [-0.1, -0.05) is 0 Å². The summed E-state index contributed by atoms with van der Waals surface area (Å²) in [6.45, 7) is 0.660. The first kappa shape index (κ1) is 14.5. The Morgan fingerprint density at radius 3 is 2.95 bits per heavy atom. The number of carbonyl (C=O) groups is 1. The SMILES string of the molecule is CNC(=O)C1CN(c2nccc(C(F)(F)F)n2)CCO1. The third-order valence-corrected chi connectivity index (χ3v) is 2.82. The third-order valence-electron chi connectivity index (χ3n) is 2.82. The lowest BCUT2D eigenvalue weighted by atomic mass is 10.2. The van der Waals surface area contributed by atoms with Gasteiger partial charge in [-0.05, 0) is 6.07 Å². The van der Waals surface area contributed by atoms with E-state index in [-0.39, 0.29) is 25.0 Å². The second-order valence-electron chi connectivity index (χ2n) is 4.16. The highest BCUT2D eigenvalue weighted by atomic mass is 19.4. The molecule has 1 aliphatic heterocycles. The number of likely N-dealkylation sites (N-methyl/N-ethyl adjacent to an activating group) is 1. The number of alkyl halides is 3. The molecule has 110 valence electrons. The predicted molar refractivity (Wildman–Crippen MR) is 63.1 cm³/mol. The molecule has 2 heterocycles. The van der Waals surface area contributed by atoms with Crippen LogP contribution in [0.5, 0.6) is 0 Å². The molecule has 1 aromatic heterocycles. The Bertz CT molecular complexity index is 495. The highest BCUT2D eigenvalue weighted by Gasteiger charge is 2.34. The maximum absolute atomic E-state index is 12.6. The number of nitrogens with one attached hydrogen (secondary N) is 1. The number of morpholine rings is 1. The van der Waals surface area contributed by atoms with E-state index in [0.29, 0.717) is 6.54 Å². The smallest absolute Gasteiger partial charge is 0.365 e. The Kier molecular flexibility index (Phi) is 4.07. The van der Waals surface area contributed by atoms with E-state index in [1.807, 2.05) is 0 Å². The first-order valence-corrected chi connectivity index (χ1v) is 5.90. The molecule has 1 aliphatic rings. The lowest BCUT2D eigenvalue weighted by Gasteiger charge is -2.32. The average Bonchev–Trinajstić information content (AvgIpc) is 2.46. The summed E-state index contributed by atoms with van der Waals surface area (Å²) in [5, 5.41) is 2.43. The third kappa shape index (κ3) is 3.16. The fourth-order valence-corrected chi connectivity index (χ4v) is 1.81. The molecule has 20 heavy (non-hydrogen) atoms. The number of amides is 1. The van der Waals surface area contributed by atoms with E-state index in [2.05, 4.69) is 15.3 Å². The topological polar surface area (TPSA) is 67.4 Å². The Hall–Kier alpha value is -1.90. The van der Waals surface area contributed by atoms with Gasteiger partial charge >= 0.3 is 6.18 Å². The summed E-state index contributed by atoms with van der Waals surface area (Å²) in [5.41, 5.74) is -1.01. The minimum absolute atomic E-state index is 0.0583. The zero-order valence-electron chi connectivity index (χ0n) is 10.6. The van der Waals surface area contributed by atoms with Crippen LogP contribution in [0.2, 0.25) is 0 Å². The first-order chi connectivity index (χ1) is 9.41. The minimum Gasteiger partial charge on any atom is -0.365 e. The molecule has 0 aromatic carbocycles. The van der Waals surface area contributed by atoms with E-state index in [9.17, 15) is 18.0 Å². The number of carbonyl (C=O) groups excluding carboxylic acids is 1. The maximum atomic E-state index is 12.6. The number of ether oxygens (including phenoxy) is 1. The standard InChI is InChI=1S/C11H13F3N4O2/c1-15-9(19)7-6-18(4-5-20-7)10-16-3-2-8(17-10)11(12,13)14/h2-3,7H,4-6H2,1H3,(H,15,19). The fourth-order valence-electron chi connectivity index (χ4n) is 1.81. The van der Waals surface area contributed by atoms with Gasteiger partial charge in [0, 0.05) is 19.8 Å². The molecule has 1 N–H and O–H groups in total. The van der Waals surface area contributed by atoms with Gasteiger partial charge < -0.3 is 15.0 Å². The lowest BCUT2D eigenvalue weighted by Crippen LogP contribution is -2.49. The highest BCUT2D eigenvalue weighted by Crippen LogP contribution is 2.28. The van der Waals surface area contributed by atoms with Crippen LogP contribution < -0.4 is 10.2 Å². The lowest BCUT2D eigenvalue weighted by molar-refractivity contribution is -0.141. The summed E-state index contributed by atoms with van der Waals surface area (Å²) in [7, 11) is 1.46. The monoisotopic (exact) mass is 290 g/mol. The maximum Gasteiger partial charge on any atom is 0.433 e. The molecule has 0 saturated carbocycles. The number of anilines is 1. The average molecular weight is 290 g/mol. The van der Waals surface area contributed by atoms with Crippen molar-refractivity contribution < 1.29 is 22.7 Å². The van der Waals surface area contributed by atoms with Crippen molar-refractivity contribution in [2.45, 2.75) is 12.3 Å². The highest BCUT2D eigenvalue weighted by molar-refractivity contribution is 5.81. The molecule has 1 aromatic rings. The Morgan fingerprint density at radius 1 is 1.55 bits per heavy atom. The number of hydrogen-bond donors (Lipinski definition) is 1. The summed E-state index contributed by atoms with van der Waals surface area (Å²) in [6, 6.07) is 0.806. The van der Waals surface area contributed by atoms with Crippen molar-refractivity contribution >= 4 is 11.9 Å². The van der Waals surface area contributed by atoms with Crippen LogP contribution in [0.4, 0.5) is 19.1 Å². The van der Waals surface area contributed by atoms with Crippen molar-refractivity contribution in [3.05, 3.63) is 18.0 Å². The van der Waals surface area contributed by atoms with Gasteiger partial charge in [-0.2, -0.15) is 13.2 Å². The van der Waals surface area contributed by atoms with Crippen molar-refractivity contribution in [3.8, 4) is 0 Å². The van der Waals surface area contributed by atoms with Crippen molar-refractivity contribution in [2.75, 3.05) is 31.6 Å². The molecule has 1 fully saturated rings. The van der Waals surface area contributed by atoms with E-state index >= 15 is 0 Å². The zero-order valence-corrected chi connectivity index (χ0v) is 10.6. The van der Waals surface area contributed by atoms with Gasteiger partial charge in [0.2, 0.25) is 5.95 Å². The first-order valence-electron chi connectivity index (χ1n) is 5.90. The van der Waals surface area contributed by atoms with Gasteiger partial charge in [-0.3, -0.25) is 4.79 Å². The van der Waals surface area contributed by atoms with E-state index in [4.69, 9.17) is 4.74 Å². The summed E-state index contributed by atoms with van der Waals surface area (Å²) in [4.78, 5) is 20.3. The van der Waals surface area contributed by atoms with Gasteiger partial charge in [-0.15, -0.1) is 0 Å². The van der Waals surface area contributed by atoms with Gasteiger partial charge in [0.25, 0.3) is 5.91 Å². The van der Waals surface area contributed by atoms with Gasteiger partial charge in [0.1, 0.15) is 5.69 Å². The van der Waals surface area contributed by atoms with Crippen molar-refractivity contribution in [3.63, 3.8) is 0 Å². The molecule has 0 radical (unpaired) electrons. The van der Waals surface area contributed by atoms with Crippen molar-refractivity contribution in [1.29, 1.82) is 0 Å². The molecule has 1 amide bonds. The molecule has 6 nitrogen and oxygen atoms in total. The predicted octanol–water partition coefficient (Wildman–Crippen LogP) is 0.447. The van der Waals surface area contributed by atoms with Gasteiger partial charge in [0.15, 0.2) is 6.10 Å². The number of nitrogens with zero attached hydrogens (tertiary/aromatic N) is 3. The van der Waals surface area contributed by atoms with Crippen molar-refractivity contribution in [2.24, 2.45) is 0 Å². The molecular formula is C11H13F3N4O2. The molecule has 0 bridgehead atoms. The number of rotatable bonds is 2. The second kappa shape index (κ2) is 5.61. The van der Waals surface area contributed by atoms with Gasteiger partial charge in [-0.25, -0.2) is 9.97 Å². The van der Waals surface area contributed by atoms with E-state index in [1.165, 1.54) is 11.9 Å². The summed E-state index contributed by atoms with van der Waals surface area (Å²) in [5.74, 6) is -0.390. The van der Waals surface area contributed by atoms with Crippen LogP contribution in [0.1, 0.15) is 5.69 Å². The van der Waals surface area contributed by atoms with E-state index < -0.39 is 18.0 Å². The Morgan fingerprint density at radius 2 is 2.30 bits per heavy atom. The zero-order chi connectivity index (χ0) is 14.8. The van der Waals surface area contributed by atoms with Crippen molar-refractivity contribution in [1.82, 2.24) is 15.3 Å². The Labute approximate surface area is 113 Å². The molecule has 0 spiro atoms. The molecule has 1 unspecified atom stereocenters. The van der Waals surface area contributed by atoms with E-state index in [1.54, 1.807) is 0 Å². The molecule has 1 atom stereocenters. The number of hydrogen-bond acceptors (Lipinski definition) is 5. The Balaban J connectivity index is 2.17. The second-order valence-corrected chi connectivity index (χ2v) is 4.16. The normalized spacial score (nSPS) is 19.8. The van der Waals surface area contributed by atoms with Crippen LogP contribution in [0.15, 0.2) is 12.3 Å². The van der Waals surface area contributed by atoms with Crippen LogP contribution in [-0.4, -0.2) is 48.7 Å². The van der Waals surface area contributed by atoms with E-state index in [0.717, 1.165) is 12.3 Å². The molecule has 9 heteroatoms. The van der Waals surface area contributed by atoms with Crippen LogP contribution in [0.3, 0.4) is 0 Å². The number of halogens is 3. The van der Waals surface area contributed by atoms with Crippen LogP contribution in [0, 0.1) is 0 Å². The molecular weight excluding hydrogens is 277 g/mol. The summed E-state index contributed by atoms with van der Waals surface area (Å²) < 4.78 is 43.0. The largest absolute Gasteiger partial charge is 0.433 e. The van der Waals surface area contributed by atoms with Crippen LogP contribution in [-0.2, 0) is 15.7 Å². The van der Waals surface area contributed by atoms with Crippen LogP contribution >= 0.6 is 0 Å². The van der Waals surface area contributed by atoms with Crippen LogP contribution in [0.25, 0.3) is 0 Å². The minimum atomic E-state index is -4.52.